The number of carbonyl (C=O) groups is 2. The lowest BCUT2D eigenvalue weighted by Crippen LogP contribution is -2.45. The molecule has 0 aliphatic rings. The van der Waals surface area contributed by atoms with Crippen molar-refractivity contribution in [2.45, 2.75) is 26.4 Å². The predicted octanol–water partition coefficient (Wildman–Crippen LogP) is 2.20. The van der Waals surface area contributed by atoms with E-state index in [1.165, 1.54) is 11.3 Å². The maximum Gasteiger partial charge on any atom is 0.267 e. The minimum Gasteiger partial charge on any atom is -0.346 e. The Morgan fingerprint density at radius 2 is 2.04 bits per heavy atom. The van der Waals surface area contributed by atoms with Crippen molar-refractivity contribution in [3.63, 3.8) is 0 Å². The molecular formula is C17H22Cl2N4O2S. The highest BCUT2D eigenvalue weighted by molar-refractivity contribution is 7.07. The summed E-state index contributed by atoms with van der Waals surface area (Å²) in [5.74, 6) is -0.782. The number of benzene rings is 1. The van der Waals surface area contributed by atoms with E-state index in [-0.39, 0.29) is 30.8 Å². The first kappa shape index (κ1) is 22.4. The van der Waals surface area contributed by atoms with Gasteiger partial charge in [0.2, 0.25) is 5.91 Å². The monoisotopic (exact) mass is 416 g/mol. The molecule has 0 unspecified atom stereocenters. The Kier molecular flexibility index (Phi) is 9.01. The smallest absolute Gasteiger partial charge is 0.267 e. The van der Waals surface area contributed by atoms with Crippen LogP contribution >= 0.6 is 35.3 Å². The molecule has 1 aromatic heterocycles. The molecule has 9 heteroatoms. The zero-order valence-corrected chi connectivity index (χ0v) is 16.9. The minimum absolute atomic E-state index is 0. The summed E-state index contributed by atoms with van der Waals surface area (Å²) in [5.41, 5.74) is 6.68. The van der Waals surface area contributed by atoms with Gasteiger partial charge in [-0.1, -0.05) is 43.6 Å². The Hall–Kier alpha value is -1.67. The molecular weight excluding hydrogens is 395 g/mol. The number of thiazole rings is 1. The standard InChI is InChI=1S/C17H21ClN4O2S.ClH/c1-11(2)15(19)16(24)20-9-14(23)21-17-22(7-8-25-17)10-12-5-3-4-6-13(12)18;/h3-8,11,15H,9-10,19H2,1-2H3,(H,20,24);1H/t15-;/m0./s1. The number of rotatable bonds is 6. The molecule has 6 nitrogen and oxygen atoms in total. The van der Waals surface area contributed by atoms with Gasteiger partial charge in [-0.25, -0.2) is 0 Å². The van der Waals surface area contributed by atoms with E-state index in [1.54, 1.807) is 0 Å². The summed E-state index contributed by atoms with van der Waals surface area (Å²) in [4.78, 5) is 28.4. The first-order valence-electron chi connectivity index (χ1n) is 7.86. The number of halogens is 2. The Labute approximate surface area is 167 Å². The third-order valence-corrected chi connectivity index (χ3v) is 4.78. The van der Waals surface area contributed by atoms with E-state index < -0.39 is 11.9 Å². The molecule has 1 atom stereocenters. The third-order valence-electron chi connectivity index (χ3n) is 3.61. The largest absolute Gasteiger partial charge is 0.346 e. The zero-order chi connectivity index (χ0) is 18.4. The van der Waals surface area contributed by atoms with E-state index in [2.05, 4.69) is 10.3 Å². The average molecular weight is 417 g/mol. The van der Waals surface area contributed by atoms with Crippen LogP contribution in [0.3, 0.4) is 0 Å². The van der Waals surface area contributed by atoms with Crippen molar-refractivity contribution < 1.29 is 9.59 Å². The van der Waals surface area contributed by atoms with E-state index in [0.29, 0.717) is 16.4 Å². The van der Waals surface area contributed by atoms with Crippen LogP contribution in [-0.2, 0) is 16.1 Å². The van der Waals surface area contributed by atoms with Crippen molar-refractivity contribution in [2.75, 3.05) is 6.54 Å². The summed E-state index contributed by atoms with van der Waals surface area (Å²) < 4.78 is 1.84. The molecule has 2 aromatic rings. The number of hydrogen-bond acceptors (Lipinski definition) is 4. The van der Waals surface area contributed by atoms with Crippen LogP contribution < -0.4 is 15.9 Å². The maximum atomic E-state index is 12.0. The molecule has 2 amide bonds. The number of amides is 2. The van der Waals surface area contributed by atoms with Crippen LogP contribution in [0.4, 0.5) is 0 Å². The molecule has 0 spiro atoms. The highest BCUT2D eigenvalue weighted by Gasteiger charge is 2.17. The van der Waals surface area contributed by atoms with Crippen molar-refractivity contribution in [1.82, 2.24) is 9.88 Å². The molecule has 0 bridgehead atoms. The SMILES string of the molecule is CC(C)[C@H](N)C(=O)NCC(=O)N=c1sccn1Cc1ccccc1Cl.Cl. The molecule has 26 heavy (non-hydrogen) atoms. The van der Waals surface area contributed by atoms with Gasteiger partial charge in [0.05, 0.1) is 19.1 Å². The quantitative estimate of drug-likeness (QED) is 0.755. The summed E-state index contributed by atoms with van der Waals surface area (Å²) in [7, 11) is 0. The second-order valence-corrected chi connectivity index (χ2v) is 7.18. The van der Waals surface area contributed by atoms with Crippen LogP contribution in [0.25, 0.3) is 0 Å². The Balaban J connectivity index is 0.00000338. The predicted molar refractivity (Wildman–Crippen MR) is 107 cm³/mol. The van der Waals surface area contributed by atoms with Crippen LogP contribution in [0, 0.1) is 5.92 Å². The molecule has 3 N–H and O–H groups in total. The molecule has 142 valence electrons. The lowest BCUT2D eigenvalue weighted by Gasteiger charge is -2.14. The molecule has 1 aromatic carbocycles. The Morgan fingerprint density at radius 1 is 1.35 bits per heavy atom. The second-order valence-electron chi connectivity index (χ2n) is 5.90. The normalized spacial score (nSPS) is 12.6. The van der Waals surface area contributed by atoms with Crippen molar-refractivity contribution in [3.8, 4) is 0 Å². The van der Waals surface area contributed by atoms with Gasteiger partial charge in [-0.15, -0.1) is 23.7 Å². The number of aromatic nitrogens is 1. The topological polar surface area (TPSA) is 89.5 Å². The molecule has 0 saturated heterocycles. The van der Waals surface area contributed by atoms with Gasteiger partial charge in [0.25, 0.3) is 5.91 Å². The maximum absolute atomic E-state index is 12.0. The average Bonchev–Trinajstić information content (AvgIpc) is 3.00. The third kappa shape index (κ3) is 6.25. The van der Waals surface area contributed by atoms with Crippen molar-refractivity contribution in [3.05, 3.63) is 51.2 Å². The van der Waals surface area contributed by atoms with E-state index in [1.807, 2.05) is 54.3 Å². The summed E-state index contributed by atoms with van der Waals surface area (Å²) in [6, 6.07) is 6.87. The van der Waals surface area contributed by atoms with Crippen molar-refractivity contribution in [2.24, 2.45) is 16.6 Å². The van der Waals surface area contributed by atoms with Crippen LogP contribution in [0.1, 0.15) is 19.4 Å². The minimum atomic E-state index is -0.639. The summed E-state index contributed by atoms with van der Waals surface area (Å²) in [6.07, 6.45) is 1.84. The fourth-order valence-corrected chi connectivity index (χ4v) is 2.99. The molecule has 0 fully saturated rings. The van der Waals surface area contributed by atoms with Gasteiger partial charge in [0, 0.05) is 16.6 Å². The van der Waals surface area contributed by atoms with E-state index in [9.17, 15) is 9.59 Å². The Morgan fingerprint density at radius 3 is 2.69 bits per heavy atom. The van der Waals surface area contributed by atoms with Crippen LogP contribution in [0.15, 0.2) is 40.8 Å². The van der Waals surface area contributed by atoms with Gasteiger partial charge in [-0.2, -0.15) is 4.99 Å². The highest BCUT2D eigenvalue weighted by atomic mass is 35.5. The Bertz CT molecular complexity index is 817. The lowest BCUT2D eigenvalue weighted by atomic mass is 10.1. The van der Waals surface area contributed by atoms with E-state index >= 15 is 0 Å². The van der Waals surface area contributed by atoms with Gasteiger partial charge in [0.1, 0.15) is 0 Å². The molecule has 0 radical (unpaired) electrons. The lowest BCUT2D eigenvalue weighted by molar-refractivity contribution is -0.126. The number of nitrogens with zero attached hydrogens (tertiary/aromatic N) is 2. The summed E-state index contributed by atoms with van der Waals surface area (Å²) >= 11 is 7.52. The van der Waals surface area contributed by atoms with E-state index in [0.717, 1.165) is 5.56 Å². The molecule has 1 heterocycles. The van der Waals surface area contributed by atoms with Crippen LogP contribution in [0.5, 0.6) is 0 Å². The first-order valence-corrected chi connectivity index (χ1v) is 9.12. The van der Waals surface area contributed by atoms with Gasteiger partial charge >= 0.3 is 0 Å². The van der Waals surface area contributed by atoms with Gasteiger partial charge < -0.3 is 15.6 Å². The van der Waals surface area contributed by atoms with Gasteiger partial charge in [0.15, 0.2) is 4.80 Å². The number of carbonyl (C=O) groups excluding carboxylic acids is 2. The highest BCUT2D eigenvalue weighted by Crippen LogP contribution is 2.15. The molecule has 0 aliphatic heterocycles. The van der Waals surface area contributed by atoms with Crippen LogP contribution in [-0.4, -0.2) is 29.0 Å². The van der Waals surface area contributed by atoms with Crippen molar-refractivity contribution >= 4 is 47.2 Å². The van der Waals surface area contributed by atoms with E-state index in [4.69, 9.17) is 17.3 Å². The van der Waals surface area contributed by atoms with Crippen LogP contribution in [0.2, 0.25) is 5.02 Å². The number of hydrogen-bond donors (Lipinski definition) is 2. The second kappa shape index (κ2) is 10.5. The number of nitrogens with one attached hydrogen (secondary N) is 1. The molecule has 0 aliphatic carbocycles. The fourth-order valence-electron chi connectivity index (χ4n) is 2.05. The van der Waals surface area contributed by atoms with Gasteiger partial charge in [-0.05, 0) is 17.5 Å². The summed E-state index contributed by atoms with van der Waals surface area (Å²) in [5, 5.41) is 5.03. The van der Waals surface area contributed by atoms with Gasteiger partial charge in [-0.3, -0.25) is 9.59 Å². The summed E-state index contributed by atoms with van der Waals surface area (Å²) in [6.45, 7) is 4.03. The van der Waals surface area contributed by atoms with Crippen molar-refractivity contribution in [1.29, 1.82) is 0 Å². The molecule has 0 saturated carbocycles. The zero-order valence-electron chi connectivity index (χ0n) is 14.5. The first-order chi connectivity index (χ1) is 11.9. The molecule has 2 rings (SSSR count). The number of nitrogens with two attached hydrogens (primary N) is 1. The fraction of sp³-hybridized carbons (Fsp3) is 0.353.